The normalized spacial score (nSPS) is 30.4. The topological polar surface area (TPSA) is 109 Å². The second-order valence-electron chi connectivity index (χ2n) is 5.39. The third kappa shape index (κ3) is 2.08. The van der Waals surface area contributed by atoms with Crippen LogP contribution in [-0.2, 0) is 10.0 Å². The summed E-state index contributed by atoms with van der Waals surface area (Å²) < 4.78 is 26.7. The Kier molecular flexibility index (Phi) is 3.41. The molecular weight excluding hydrogens is 280 g/mol. The van der Waals surface area contributed by atoms with E-state index in [2.05, 4.69) is 10.4 Å². The van der Waals surface area contributed by atoms with E-state index in [1.54, 1.807) is 12.1 Å². The highest BCUT2D eigenvalue weighted by molar-refractivity contribution is 7.89. The standard InChI is InChI=1S/C12H18N4O3S/c13-15-10-2-1-5-14-12(10)20(18,19)16-6-8-3-4-11(17)9(8)7-16/h1-2,5,8-9,11,15,17H,3-4,6-7,13H2. The third-order valence-electron chi connectivity index (χ3n) is 4.30. The number of aliphatic hydroxyl groups is 1. The molecule has 3 unspecified atom stereocenters. The van der Waals surface area contributed by atoms with E-state index in [9.17, 15) is 13.5 Å². The zero-order valence-electron chi connectivity index (χ0n) is 10.9. The molecule has 0 radical (unpaired) electrons. The first-order valence-corrected chi connectivity index (χ1v) is 8.08. The lowest BCUT2D eigenvalue weighted by molar-refractivity contribution is 0.129. The number of nitrogens with zero attached hydrogens (tertiary/aromatic N) is 2. The number of nitrogens with two attached hydrogens (primary N) is 1. The molecule has 0 spiro atoms. The average molecular weight is 298 g/mol. The maximum atomic E-state index is 12.6. The third-order valence-corrected chi connectivity index (χ3v) is 6.09. The zero-order valence-corrected chi connectivity index (χ0v) is 11.8. The Morgan fingerprint density at radius 3 is 2.90 bits per heavy atom. The number of sulfonamides is 1. The predicted molar refractivity (Wildman–Crippen MR) is 73.0 cm³/mol. The quantitative estimate of drug-likeness (QED) is 0.525. The summed E-state index contributed by atoms with van der Waals surface area (Å²) in [6.45, 7) is 0.805. The van der Waals surface area contributed by atoms with Crippen LogP contribution < -0.4 is 11.3 Å². The number of nitrogen functional groups attached to an aromatic ring is 1. The van der Waals surface area contributed by atoms with E-state index in [0.29, 0.717) is 13.1 Å². The molecule has 0 aromatic carbocycles. The molecule has 110 valence electrons. The predicted octanol–water partition coefficient (Wildman–Crippen LogP) is -0.241. The molecule has 3 atom stereocenters. The van der Waals surface area contributed by atoms with E-state index in [1.165, 1.54) is 10.5 Å². The van der Waals surface area contributed by atoms with Gasteiger partial charge in [-0.15, -0.1) is 0 Å². The van der Waals surface area contributed by atoms with Gasteiger partial charge in [0.2, 0.25) is 0 Å². The summed E-state index contributed by atoms with van der Waals surface area (Å²) in [5.74, 6) is 5.64. The molecule has 1 aromatic rings. The summed E-state index contributed by atoms with van der Waals surface area (Å²) in [5.41, 5.74) is 2.65. The second kappa shape index (κ2) is 4.96. The molecule has 1 aromatic heterocycles. The lowest BCUT2D eigenvalue weighted by atomic mass is 10.00. The Balaban J connectivity index is 1.90. The van der Waals surface area contributed by atoms with Gasteiger partial charge in [-0.2, -0.15) is 4.31 Å². The molecule has 2 aliphatic rings. The van der Waals surface area contributed by atoms with Crippen LogP contribution in [0.3, 0.4) is 0 Å². The average Bonchev–Trinajstić information content (AvgIpc) is 3.02. The number of aromatic nitrogens is 1. The van der Waals surface area contributed by atoms with E-state index < -0.39 is 16.1 Å². The van der Waals surface area contributed by atoms with Crippen LogP contribution in [-0.4, -0.2) is 42.0 Å². The fourth-order valence-electron chi connectivity index (χ4n) is 3.22. The van der Waals surface area contributed by atoms with Crippen molar-refractivity contribution >= 4 is 15.7 Å². The number of hydrazine groups is 1. The van der Waals surface area contributed by atoms with Gasteiger partial charge >= 0.3 is 0 Å². The summed E-state index contributed by atoms with van der Waals surface area (Å²) >= 11 is 0. The number of aliphatic hydroxyl groups excluding tert-OH is 1. The molecule has 0 bridgehead atoms. The van der Waals surface area contributed by atoms with Crippen molar-refractivity contribution in [2.75, 3.05) is 18.5 Å². The minimum atomic E-state index is -3.68. The molecule has 3 rings (SSSR count). The molecule has 1 aliphatic carbocycles. The Bertz CT molecular complexity index is 606. The van der Waals surface area contributed by atoms with Gasteiger partial charge in [-0.05, 0) is 30.9 Å². The highest BCUT2D eigenvalue weighted by atomic mass is 32.2. The van der Waals surface area contributed by atoms with Gasteiger partial charge < -0.3 is 10.5 Å². The minimum Gasteiger partial charge on any atom is -0.393 e. The van der Waals surface area contributed by atoms with Crippen molar-refractivity contribution in [1.82, 2.24) is 9.29 Å². The SMILES string of the molecule is NNc1cccnc1S(=O)(=O)N1CC2CCC(O)C2C1. The number of anilines is 1. The number of rotatable bonds is 3. The first kappa shape index (κ1) is 13.7. The molecule has 0 amide bonds. The van der Waals surface area contributed by atoms with Gasteiger partial charge in [0, 0.05) is 25.2 Å². The summed E-state index contributed by atoms with van der Waals surface area (Å²) in [4.78, 5) is 3.94. The van der Waals surface area contributed by atoms with Crippen molar-refractivity contribution in [1.29, 1.82) is 0 Å². The summed E-state index contributed by atoms with van der Waals surface area (Å²) in [7, 11) is -3.68. The highest BCUT2D eigenvalue weighted by Gasteiger charge is 2.46. The molecule has 20 heavy (non-hydrogen) atoms. The second-order valence-corrected chi connectivity index (χ2v) is 7.24. The smallest absolute Gasteiger partial charge is 0.262 e. The fourth-order valence-corrected chi connectivity index (χ4v) is 4.82. The van der Waals surface area contributed by atoms with E-state index in [-0.39, 0.29) is 22.5 Å². The van der Waals surface area contributed by atoms with Crippen molar-refractivity contribution in [2.24, 2.45) is 17.7 Å². The number of hydrogen-bond donors (Lipinski definition) is 3. The Morgan fingerprint density at radius 1 is 1.40 bits per heavy atom. The van der Waals surface area contributed by atoms with Crippen LogP contribution in [0.5, 0.6) is 0 Å². The van der Waals surface area contributed by atoms with E-state index in [4.69, 9.17) is 5.84 Å². The Labute approximate surface area is 117 Å². The maximum Gasteiger partial charge on any atom is 0.262 e. The van der Waals surface area contributed by atoms with Crippen LogP contribution in [0.1, 0.15) is 12.8 Å². The van der Waals surface area contributed by atoms with Crippen molar-refractivity contribution in [3.8, 4) is 0 Å². The monoisotopic (exact) mass is 298 g/mol. The van der Waals surface area contributed by atoms with Crippen molar-refractivity contribution in [3.63, 3.8) is 0 Å². The molecule has 7 nitrogen and oxygen atoms in total. The number of pyridine rings is 1. The van der Waals surface area contributed by atoms with Crippen molar-refractivity contribution < 1.29 is 13.5 Å². The van der Waals surface area contributed by atoms with E-state index >= 15 is 0 Å². The molecule has 8 heteroatoms. The van der Waals surface area contributed by atoms with Crippen LogP contribution in [0.4, 0.5) is 5.69 Å². The zero-order chi connectivity index (χ0) is 14.3. The molecule has 2 heterocycles. The van der Waals surface area contributed by atoms with Crippen LogP contribution in [0.2, 0.25) is 0 Å². The molecule has 1 saturated carbocycles. The minimum absolute atomic E-state index is 0.0442. The van der Waals surface area contributed by atoms with Gasteiger partial charge in [-0.25, -0.2) is 13.4 Å². The first-order chi connectivity index (χ1) is 9.54. The highest BCUT2D eigenvalue weighted by Crippen LogP contribution is 2.40. The first-order valence-electron chi connectivity index (χ1n) is 6.64. The van der Waals surface area contributed by atoms with Gasteiger partial charge in [-0.1, -0.05) is 0 Å². The molecule has 2 fully saturated rings. The molecule has 4 N–H and O–H groups in total. The van der Waals surface area contributed by atoms with Crippen LogP contribution >= 0.6 is 0 Å². The Hall–Kier alpha value is -1.22. The van der Waals surface area contributed by atoms with Crippen LogP contribution in [0.25, 0.3) is 0 Å². The maximum absolute atomic E-state index is 12.6. The number of hydrogen-bond acceptors (Lipinski definition) is 6. The lowest BCUT2D eigenvalue weighted by Gasteiger charge is -2.19. The van der Waals surface area contributed by atoms with Crippen LogP contribution in [0, 0.1) is 11.8 Å². The van der Waals surface area contributed by atoms with Gasteiger partial charge in [0.1, 0.15) is 0 Å². The van der Waals surface area contributed by atoms with Crippen LogP contribution in [0.15, 0.2) is 23.4 Å². The van der Waals surface area contributed by atoms with Gasteiger partial charge in [0.15, 0.2) is 5.03 Å². The Morgan fingerprint density at radius 2 is 2.20 bits per heavy atom. The summed E-state index contributed by atoms with van der Waals surface area (Å²) in [5, 5.41) is 9.83. The van der Waals surface area contributed by atoms with E-state index in [1.807, 2.05) is 0 Å². The fraction of sp³-hybridized carbons (Fsp3) is 0.583. The largest absolute Gasteiger partial charge is 0.393 e. The number of nitrogens with one attached hydrogen (secondary N) is 1. The van der Waals surface area contributed by atoms with Gasteiger partial charge in [-0.3, -0.25) is 5.84 Å². The van der Waals surface area contributed by atoms with Crippen molar-refractivity contribution in [3.05, 3.63) is 18.3 Å². The lowest BCUT2D eigenvalue weighted by Crippen LogP contribution is -2.32. The van der Waals surface area contributed by atoms with E-state index in [0.717, 1.165) is 12.8 Å². The summed E-state index contributed by atoms with van der Waals surface area (Å²) in [6, 6.07) is 3.20. The molecular formula is C12H18N4O3S. The number of fused-ring (bicyclic) bond motifs is 1. The summed E-state index contributed by atoms with van der Waals surface area (Å²) in [6.07, 6.45) is 2.68. The van der Waals surface area contributed by atoms with Crippen molar-refractivity contribution in [2.45, 2.75) is 24.0 Å². The molecule has 1 saturated heterocycles. The van der Waals surface area contributed by atoms with Gasteiger partial charge in [0.05, 0.1) is 11.8 Å². The molecule has 1 aliphatic heterocycles. The van der Waals surface area contributed by atoms with Gasteiger partial charge in [0.25, 0.3) is 10.0 Å².